The number of ketones is 1. The lowest BCUT2D eigenvalue weighted by Gasteiger charge is -2.26. The molecule has 33 heavy (non-hydrogen) atoms. The number of carbonyl (C=O) groups excluding carboxylic acids is 3. The average molecular weight is 450 g/mol. The third kappa shape index (κ3) is 3.58. The van der Waals surface area contributed by atoms with Crippen molar-refractivity contribution in [1.29, 1.82) is 5.26 Å². The molecule has 1 N–H and O–H groups in total. The molecule has 0 aromatic heterocycles. The average Bonchev–Trinajstić information content (AvgIpc) is 3.26. The van der Waals surface area contributed by atoms with E-state index in [1.54, 1.807) is 38.1 Å². The van der Waals surface area contributed by atoms with Gasteiger partial charge in [0.05, 0.1) is 30.0 Å². The lowest BCUT2D eigenvalue weighted by Crippen LogP contribution is -2.46. The monoisotopic (exact) mass is 450 g/mol. The standard InChI is InChI=1S/C25H26N2O6/c1-3-31-23(29)19-20(24(30)32-4-2)25(22(28)16-12-8-9-13-18(16)33-25)17(14-26)21(19)27-15-10-6-5-7-11-15/h8-9,12-13,15,27H,3-7,10-11H2,1-2H3. The van der Waals surface area contributed by atoms with Gasteiger partial charge in [0.1, 0.15) is 23.0 Å². The van der Waals surface area contributed by atoms with E-state index in [1.165, 1.54) is 0 Å². The summed E-state index contributed by atoms with van der Waals surface area (Å²) in [6, 6.07) is 8.58. The Labute approximate surface area is 192 Å². The Morgan fingerprint density at radius 1 is 1.12 bits per heavy atom. The minimum Gasteiger partial charge on any atom is -0.468 e. The van der Waals surface area contributed by atoms with Crippen LogP contribution in [-0.4, -0.2) is 42.6 Å². The quantitative estimate of drug-likeness (QED) is 0.658. The van der Waals surface area contributed by atoms with Crippen LogP contribution in [0.25, 0.3) is 0 Å². The molecular formula is C25H26N2O6. The number of nitrogens with one attached hydrogen (secondary N) is 1. The van der Waals surface area contributed by atoms with Gasteiger partial charge in [-0.25, -0.2) is 9.59 Å². The van der Waals surface area contributed by atoms with E-state index in [0.717, 1.165) is 32.1 Å². The maximum Gasteiger partial charge on any atom is 0.341 e. The van der Waals surface area contributed by atoms with Crippen LogP contribution in [0.4, 0.5) is 0 Å². The van der Waals surface area contributed by atoms with Crippen molar-refractivity contribution in [2.24, 2.45) is 0 Å². The second kappa shape index (κ2) is 9.10. The molecule has 4 rings (SSSR count). The minimum atomic E-state index is -2.09. The van der Waals surface area contributed by atoms with Crippen molar-refractivity contribution in [2.45, 2.75) is 57.6 Å². The summed E-state index contributed by atoms with van der Waals surface area (Å²) in [6.07, 6.45) is 4.80. The molecule has 1 aromatic carbocycles. The van der Waals surface area contributed by atoms with Crippen molar-refractivity contribution in [3.63, 3.8) is 0 Å². The van der Waals surface area contributed by atoms with Crippen molar-refractivity contribution in [1.82, 2.24) is 5.32 Å². The predicted octanol–water partition coefficient (Wildman–Crippen LogP) is 3.14. The Morgan fingerprint density at radius 2 is 1.79 bits per heavy atom. The number of nitriles is 1. The van der Waals surface area contributed by atoms with E-state index >= 15 is 0 Å². The number of esters is 2. The van der Waals surface area contributed by atoms with E-state index in [1.807, 2.05) is 0 Å². The van der Waals surface area contributed by atoms with Gasteiger partial charge in [0.15, 0.2) is 0 Å². The van der Waals surface area contributed by atoms with E-state index in [-0.39, 0.29) is 53.0 Å². The molecule has 1 atom stereocenters. The summed E-state index contributed by atoms with van der Waals surface area (Å²) in [5.74, 6) is -2.05. The van der Waals surface area contributed by atoms with Crippen molar-refractivity contribution in [3.8, 4) is 11.8 Å². The molecule has 1 fully saturated rings. The lowest BCUT2D eigenvalue weighted by molar-refractivity contribution is -0.142. The number of benzene rings is 1. The molecule has 0 saturated heterocycles. The third-order valence-corrected chi connectivity index (χ3v) is 6.19. The van der Waals surface area contributed by atoms with E-state index in [4.69, 9.17) is 14.2 Å². The molecule has 3 aliphatic rings. The molecule has 2 aliphatic carbocycles. The number of Topliss-reactive ketones (excluding diaryl/α,β-unsaturated/α-hetero) is 1. The molecule has 1 spiro atoms. The largest absolute Gasteiger partial charge is 0.468 e. The highest BCUT2D eigenvalue weighted by Gasteiger charge is 2.63. The van der Waals surface area contributed by atoms with Crippen LogP contribution in [0, 0.1) is 11.3 Å². The second-order valence-corrected chi connectivity index (χ2v) is 8.14. The van der Waals surface area contributed by atoms with E-state index in [0.29, 0.717) is 0 Å². The van der Waals surface area contributed by atoms with Crippen LogP contribution in [0.3, 0.4) is 0 Å². The normalized spacial score (nSPS) is 22.2. The van der Waals surface area contributed by atoms with Gasteiger partial charge in [-0.15, -0.1) is 0 Å². The SMILES string of the molecule is CCOC(=O)C1=C(C(=O)OCC)C2(Oc3ccccc3C2=O)C(C#N)=C1NC1CCCCC1. The number of fused-ring (bicyclic) bond motifs is 1. The Morgan fingerprint density at radius 3 is 2.42 bits per heavy atom. The molecule has 8 nitrogen and oxygen atoms in total. The molecule has 1 aromatic rings. The smallest absolute Gasteiger partial charge is 0.341 e. The number of carbonyl (C=O) groups is 3. The highest BCUT2D eigenvalue weighted by atomic mass is 16.5. The van der Waals surface area contributed by atoms with Crippen molar-refractivity contribution < 1.29 is 28.6 Å². The predicted molar refractivity (Wildman–Crippen MR) is 117 cm³/mol. The molecule has 172 valence electrons. The van der Waals surface area contributed by atoms with Crippen molar-refractivity contribution in [3.05, 3.63) is 52.2 Å². The van der Waals surface area contributed by atoms with Gasteiger partial charge < -0.3 is 19.5 Å². The fourth-order valence-corrected chi connectivity index (χ4v) is 4.79. The highest BCUT2D eigenvalue weighted by molar-refractivity contribution is 6.22. The molecule has 1 saturated carbocycles. The number of rotatable bonds is 6. The summed E-state index contributed by atoms with van der Waals surface area (Å²) >= 11 is 0. The molecule has 8 heteroatoms. The first-order valence-electron chi connectivity index (χ1n) is 11.3. The van der Waals surface area contributed by atoms with Crippen LogP contribution in [0.1, 0.15) is 56.3 Å². The fourth-order valence-electron chi connectivity index (χ4n) is 4.79. The van der Waals surface area contributed by atoms with Gasteiger partial charge in [-0.2, -0.15) is 5.26 Å². The number of nitrogens with zero attached hydrogens (tertiary/aromatic N) is 1. The maximum absolute atomic E-state index is 13.7. The van der Waals surface area contributed by atoms with Crippen LogP contribution < -0.4 is 10.1 Å². The number of hydrogen-bond donors (Lipinski definition) is 1. The topological polar surface area (TPSA) is 115 Å². The summed E-state index contributed by atoms with van der Waals surface area (Å²) < 4.78 is 16.6. The fraction of sp³-hybridized carbons (Fsp3) is 0.440. The first-order chi connectivity index (χ1) is 16.0. The lowest BCUT2D eigenvalue weighted by atomic mass is 9.84. The van der Waals surface area contributed by atoms with Crippen LogP contribution >= 0.6 is 0 Å². The van der Waals surface area contributed by atoms with Gasteiger partial charge in [-0.05, 0) is 38.8 Å². The number of hydrogen-bond acceptors (Lipinski definition) is 8. The summed E-state index contributed by atoms with van der Waals surface area (Å²) in [7, 11) is 0. The zero-order valence-electron chi connectivity index (χ0n) is 18.7. The van der Waals surface area contributed by atoms with E-state index < -0.39 is 23.3 Å². The first-order valence-corrected chi connectivity index (χ1v) is 11.3. The first kappa shape index (κ1) is 22.6. The van der Waals surface area contributed by atoms with Gasteiger partial charge in [0.2, 0.25) is 11.4 Å². The summed E-state index contributed by atoms with van der Waals surface area (Å²) in [5, 5.41) is 13.5. The number of para-hydroxylation sites is 1. The van der Waals surface area contributed by atoms with Crippen molar-refractivity contribution in [2.75, 3.05) is 13.2 Å². The highest BCUT2D eigenvalue weighted by Crippen LogP contribution is 2.50. The van der Waals surface area contributed by atoms with Crippen LogP contribution in [-0.2, 0) is 19.1 Å². The molecular weight excluding hydrogens is 424 g/mol. The second-order valence-electron chi connectivity index (χ2n) is 8.14. The van der Waals surface area contributed by atoms with E-state index in [9.17, 15) is 19.6 Å². The van der Waals surface area contributed by atoms with Crippen LogP contribution in [0.2, 0.25) is 0 Å². The van der Waals surface area contributed by atoms with Gasteiger partial charge in [0, 0.05) is 6.04 Å². The minimum absolute atomic E-state index is 0.0148. The van der Waals surface area contributed by atoms with E-state index in [2.05, 4.69) is 11.4 Å². The summed E-state index contributed by atoms with van der Waals surface area (Å²) in [5.41, 5.74) is -2.34. The van der Waals surface area contributed by atoms with Crippen LogP contribution in [0.15, 0.2) is 46.7 Å². The Bertz CT molecular complexity index is 1110. The van der Waals surface area contributed by atoms with Gasteiger partial charge >= 0.3 is 11.9 Å². The van der Waals surface area contributed by atoms with Gasteiger partial charge in [-0.3, -0.25) is 4.79 Å². The molecule has 1 unspecified atom stereocenters. The molecule has 1 aliphatic heterocycles. The molecule has 0 amide bonds. The van der Waals surface area contributed by atoms with Crippen molar-refractivity contribution >= 4 is 17.7 Å². The molecule has 0 radical (unpaired) electrons. The van der Waals surface area contributed by atoms with Gasteiger partial charge in [0.25, 0.3) is 0 Å². The Balaban J connectivity index is 1.96. The number of ether oxygens (including phenoxy) is 3. The summed E-state index contributed by atoms with van der Waals surface area (Å²) in [6.45, 7) is 3.33. The Hall–Kier alpha value is -3.60. The maximum atomic E-state index is 13.7. The zero-order chi connectivity index (χ0) is 23.6. The van der Waals surface area contributed by atoms with Gasteiger partial charge in [-0.1, -0.05) is 31.4 Å². The third-order valence-electron chi connectivity index (χ3n) is 6.19. The Kier molecular flexibility index (Phi) is 6.23. The zero-order valence-corrected chi connectivity index (χ0v) is 18.7. The van der Waals surface area contributed by atoms with Crippen LogP contribution in [0.5, 0.6) is 5.75 Å². The molecule has 1 heterocycles. The summed E-state index contributed by atoms with van der Waals surface area (Å²) in [4.78, 5) is 40.1. The molecule has 0 bridgehead atoms.